The van der Waals surface area contributed by atoms with Crippen molar-refractivity contribution in [2.45, 2.75) is 30.8 Å². The van der Waals surface area contributed by atoms with Crippen molar-refractivity contribution in [3.63, 3.8) is 0 Å². The molecule has 0 saturated heterocycles. The molecule has 1 unspecified atom stereocenters. The number of primary amides is 1. The molecule has 2 saturated carbocycles. The van der Waals surface area contributed by atoms with Crippen molar-refractivity contribution in [2.24, 2.45) is 22.8 Å². The summed E-state index contributed by atoms with van der Waals surface area (Å²) in [6.07, 6.45) is -8.00. The smallest absolute Gasteiger partial charge is 0.450 e. The zero-order chi connectivity index (χ0) is 15.2. The Labute approximate surface area is 111 Å². The zero-order valence-corrected chi connectivity index (χ0v) is 10.1. The van der Waals surface area contributed by atoms with E-state index in [4.69, 9.17) is 21.7 Å². The zero-order valence-electron chi connectivity index (χ0n) is 10.1. The molecule has 0 spiro atoms. The van der Waals surface area contributed by atoms with E-state index in [1.165, 1.54) is 0 Å². The summed E-state index contributed by atoms with van der Waals surface area (Å²) in [5, 5.41) is 17.2. The molecule has 0 bridgehead atoms. The maximum Gasteiger partial charge on any atom is 0.506 e. The number of amides is 1. The van der Waals surface area contributed by atoms with Crippen LogP contribution >= 0.6 is 0 Å². The minimum Gasteiger partial charge on any atom is -0.450 e. The van der Waals surface area contributed by atoms with Gasteiger partial charge in [0.05, 0.1) is 11.5 Å². The highest BCUT2D eigenvalue weighted by atomic mass is 19.1. The molecule has 10 heteroatoms. The van der Waals surface area contributed by atoms with Crippen molar-refractivity contribution in [1.29, 1.82) is 0 Å². The molecule has 0 heterocycles. The highest BCUT2D eigenvalue weighted by Crippen LogP contribution is 2.67. The SMILES string of the molecule is NC(=O)[C@@H](N)[C@@]12C(OC(=O)O)[C@@H](F)C[C@H]1[C@@H]2OC(=O)O. The summed E-state index contributed by atoms with van der Waals surface area (Å²) in [4.78, 5) is 32.5. The first-order valence-electron chi connectivity index (χ1n) is 5.71. The first-order valence-corrected chi connectivity index (χ1v) is 5.71. The molecular formula is C10H13FN2O7. The Hall–Kier alpha value is -2.10. The lowest BCUT2D eigenvalue weighted by Crippen LogP contribution is -2.53. The van der Waals surface area contributed by atoms with Crippen LogP contribution in [0.1, 0.15) is 6.42 Å². The molecule has 112 valence electrons. The van der Waals surface area contributed by atoms with Gasteiger partial charge in [-0.15, -0.1) is 0 Å². The lowest BCUT2D eigenvalue weighted by Gasteiger charge is -2.28. The Kier molecular flexibility index (Phi) is 3.20. The van der Waals surface area contributed by atoms with Crippen LogP contribution in [0.5, 0.6) is 0 Å². The molecule has 1 amide bonds. The fourth-order valence-corrected chi connectivity index (χ4v) is 3.25. The van der Waals surface area contributed by atoms with Crippen LogP contribution < -0.4 is 11.5 Å². The van der Waals surface area contributed by atoms with Crippen molar-refractivity contribution in [3.8, 4) is 0 Å². The number of carboxylic acid groups (broad SMARTS) is 2. The van der Waals surface area contributed by atoms with Crippen molar-refractivity contribution < 1.29 is 38.5 Å². The Morgan fingerprint density at radius 1 is 1.20 bits per heavy atom. The van der Waals surface area contributed by atoms with Crippen molar-refractivity contribution in [3.05, 3.63) is 0 Å². The second-order valence-electron chi connectivity index (χ2n) is 4.85. The van der Waals surface area contributed by atoms with Crippen LogP contribution in [0, 0.1) is 11.3 Å². The van der Waals surface area contributed by atoms with E-state index in [-0.39, 0.29) is 6.42 Å². The Balaban J connectivity index is 2.33. The summed E-state index contributed by atoms with van der Waals surface area (Å²) in [7, 11) is 0. The standard InChI is InChI=1S/C10H13FN2O7/c11-3-1-2-5(19-8(15)16)10(2,4(12)7(13)14)6(3)20-9(17)18/h2-6H,1,12H2,(H2,13,14)(H,15,16)(H,17,18)/t2-,3-,4+,5-,6?,10-/m0/s1. The summed E-state index contributed by atoms with van der Waals surface area (Å²) in [6, 6.07) is -1.47. The average Bonchev–Trinajstić information content (AvgIpc) is 2.80. The maximum atomic E-state index is 13.8. The third-order valence-corrected chi connectivity index (χ3v) is 3.99. The number of carbonyl (C=O) groups is 3. The predicted molar refractivity (Wildman–Crippen MR) is 58.4 cm³/mol. The van der Waals surface area contributed by atoms with E-state index in [1.807, 2.05) is 0 Å². The quantitative estimate of drug-likeness (QED) is 0.493. The maximum absolute atomic E-state index is 13.8. The van der Waals surface area contributed by atoms with E-state index in [1.54, 1.807) is 0 Å². The van der Waals surface area contributed by atoms with Crippen LogP contribution in [0.25, 0.3) is 0 Å². The number of ether oxygens (including phenoxy) is 2. The molecule has 0 aliphatic heterocycles. The molecule has 2 fully saturated rings. The van der Waals surface area contributed by atoms with E-state index in [9.17, 15) is 18.8 Å². The molecule has 9 nitrogen and oxygen atoms in total. The number of rotatable bonds is 4. The van der Waals surface area contributed by atoms with Gasteiger partial charge in [0.2, 0.25) is 5.91 Å². The van der Waals surface area contributed by atoms with Crippen molar-refractivity contribution in [1.82, 2.24) is 0 Å². The normalized spacial score (nSPS) is 39.5. The van der Waals surface area contributed by atoms with Gasteiger partial charge >= 0.3 is 12.3 Å². The van der Waals surface area contributed by atoms with E-state index < -0.39 is 54.0 Å². The Morgan fingerprint density at radius 3 is 2.15 bits per heavy atom. The number of hydrogen-bond donors (Lipinski definition) is 4. The van der Waals surface area contributed by atoms with Gasteiger partial charge in [0.15, 0.2) is 0 Å². The highest BCUT2D eigenvalue weighted by molar-refractivity contribution is 5.82. The van der Waals surface area contributed by atoms with Crippen LogP contribution in [0.3, 0.4) is 0 Å². The molecule has 0 aromatic carbocycles. The van der Waals surface area contributed by atoms with Gasteiger partial charge in [-0.1, -0.05) is 0 Å². The third kappa shape index (κ3) is 1.83. The van der Waals surface area contributed by atoms with Gasteiger partial charge < -0.3 is 31.2 Å². The van der Waals surface area contributed by atoms with Gasteiger partial charge in [-0.25, -0.2) is 14.0 Å². The second-order valence-corrected chi connectivity index (χ2v) is 4.85. The summed E-state index contributed by atoms with van der Waals surface area (Å²) in [5.41, 5.74) is 9.10. The number of carbonyl (C=O) groups excluding carboxylic acids is 1. The highest BCUT2D eigenvalue weighted by Gasteiger charge is 2.82. The van der Waals surface area contributed by atoms with E-state index in [0.717, 1.165) is 0 Å². The van der Waals surface area contributed by atoms with Gasteiger partial charge in [-0.05, 0) is 6.42 Å². The summed E-state index contributed by atoms with van der Waals surface area (Å²) >= 11 is 0. The van der Waals surface area contributed by atoms with E-state index in [0.29, 0.717) is 0 Å². The van der Waals surface area contributed by atoms with Gasteiger partial charge in [0.25, 0.3) is 0 Å². The van der Waals surface area contributed by atoms with Crippen LogP contribution in [-0.2, 0) is 14.3 Å². The fourth-order valence-electron chi connectivity index (χ4n) is 3.25. The first kappa shape index (κ1) is 14.3. The molecule has 0 radical (unpaired) electrons. The Bertz CT molecular complexity index is 473. The van der Waals surface area contributed by atoms with Crippen LogP contribution in [0.15, 0.2) is 0 Å². The van der Waals surface area contributed by atoms with Crippen molar-refractivity contribution >= 4 is 18.2 Å². The van der Waals surface area contributed by atoms with Crippen LogP contribution in [0.2, 0.25) is 0 Å². The van der Waals surface area contributed by atoms with Gasteiger partial charge in [-0.2, -0.15) is 0 Å². The second kappa shape index (κ2) is 4.47. The number of alkyl halides is 1. The van der Waals surface area contributed by atoms with Gasteiger partial charge in [-0.3, -0.25) is 4.79 Å². The van der Waals surface area contributed by atoms with E-state index in [2.05, 4.69) is 9.47 Å². The lowest BCUT2D eigenvalue weighted by atomic mass is 9.89. The Morgan fingerprint density at radius 2 is 1.70 bits per heavy atom. The number of hydrogen-bond acceptors (Lipinski definition) is 6. The lowest BCUT2D eigenvalue weighted by molar-refractivity contribution is -0.124. The topological polar surface area (TPSA) is 162 Å². The number of nitrogens with two attached hydrogens (primary N) is 2. The molecule has 6 atom stereocenters. The first-order chi connectivity index (χ1) is 9.22. The number of fused-ring (bicyclic) bond motifs is 1. The fraction of sp³-hybridized carbons (Fsp3) is 0.700. The minimum absolute atomic E-state index is 0.211. The number of halogens is 1. The summed E-state index contributed by atoms with van der Waals surface area (Å²) in [6.45, 7) is 0. The van der Waals surface area contributed by atoms with Crippen LogP contribution in [-0.4, -0.2) is 52.9 Å². The molecule has 2 aliphatic carbocycles. The monoisotopic (exact) mass is 292 g/mol. The van der Waals surface area contributed by atoms with Gasteiger partial charge in [0.1, 0.15) is 18.4 Å². The largest absolute Gasteiger partial charge is 0.506 e. The summed E-state index contributed by atoms with van der Waals surface area (Å²) < 4.78 is 22.8. The molecule has 6 N–H and O–H groups in total. The molecule has 2 aliphatic rings. The molecule has 0 aromatic heterocycles. The molecule has 20 heavy (non-hydrogen) atoms. The minimum atomic E-state index is -1.75. The van der Waals surface area contributed by atoms with Crippen LogP contribution in [0.4, 0.5) is 14.0 Å². The summed E-state index contributed by atoms with van der Waals surface area (Å²) in [5.74, 6) is -1.75. The molecular weight excluding hydrogens is 279 g/mol. The molecule has 0 aromatic rings. The average molecular weight is 292 g/mol. The van der Waals surface area contributed by atoms with Gasteiger partial charge in [0, 0.05) is 5.92 Å². The predicted octanol–water partition coefficient (Wildman–Crippen LogP) is -0.717. The molecule has 2 rings (SSSR count). The van der Waals surface area contributed by atoms with E-state index >= 15 is 0 Å². The third-order valence-electron chi connectivity index (χ3n) is 3.99. The van der Waals surface area contributed by atoms with Crippen molar-refractivity contribution in [2.75, 3.05) is 0 Å².